The second-order valence-electron chi connectivity index (χ2n) is 4.79. The molecule has 0 fully saturated rings. The molecule has 0 saturated heterocycles. The van der Waals surface area contributed by atoms with Crippen molar-refractivity contribution >= 4 is 11.9 Å². The molecule has 0 aliphatic heterocycles. The maximum atomic E-state index is 12.1. The van der Waals surface area contributed by atoms with Crippen LogP contribution in [-0.2, 0) is 4.79 Å². The van der Waals surface area contributed by atoms with Crippen molar-refractivity contribution < 1.29 is 19.4 Å². The maximum absolute atomic E-state index is 12.1. The van der Waals surface area contributed by atoms with E-state index in [9.17, 15) is 9.59 Å². The quantitative estimate of drug-likeness (QED) is 0.852. The minimum Gasteiger partial charge on any atom is -0.482 e. The number of aliphatic carboxylic acids is 1. The summed E-state index contributed by atoms with van der Waals surface area (Å²) in [4.78, 5) is 24.2. The van der Waals surface area contributed by atoms with Gasteiger partial charge in [0.2, 0.25) is 0 Å². The number of benzene rings is 1. The highest BCUT2D eigenvalue weighted by Gasteiger charge is 2.13. The van der Waals surface area contributed by atoms with Crippen LogP contribution < -0.4 is 4.74 Å². The smallest absolute Gasteiger partial charge is 0.341 e. The molecule has 0 saturated carbocycles. The van der Waals surface area contributed by atoms with Crippen LogP contribution in [0.15, 0.2) is 24.3 Å². The Morgan fingerprint density at radius 1 is 1.37 bits per heavy atom. The summed E-state index contributed by atoms with van der Waals surface area (Å²) in [7, 11) is 1.74. The van der Waals surface area contributed by atoms with Crippen LogP contribution in [-0.4, -0.2) is 42.1 Å². The summed E-state index contributed by atoms with van der Waals surface area (Å²) in [6.45, 7) is 4.32. The fraction of sp³-hybridized carbons (Fsp3) is 0.429. The standard InChI is InChI=1S/C14H19NO4/c1-10(2)8-15(3)14(18)11-5-4-6-12(7-11)19-9-13(16)17/h4-7,10H,8-9H2,1-3H3,(H,16,17). The van der Waals surface area contributed by atoms with Gasteiger partial charge in [-0.1, -0.05) is 19.9 Å². The van der Waals surface area contributed by atoms with Crippen LogP contribution in [0.3, 0.4) is 0 Å². The fourth-order valence-corrected chi connectivity index (χ4v) is 1.72. The van der Waals surface area contributed by atoms with Crippen LogP contribution in [0.1, 0.15) is 24.2 Å². The molecular formula is C14H19NO4. The van der Waals surface area contributed by atoms with E-state index in [-0.39, 0.29) is 5.91 Å². The van der Waals surface area contributed by atoms with Gasteiger partial charge in [0.15, 0.2) is 6.61 Å². The number of carbonyl (C=O) groups is 2. The number of nitrogens with zero attached hydrogens (tertiary/aromatic N) is 1. The number of hydrogen-bond donors (Lipinski definition) is 1. The first-order valence-corrected chi connectivity index (χ1v) is 6.10. The third kappa shape index (κ3) is 4.99. The zero-order valence-corrected chi connectivity index (χ0v) is 11.4. The van der Waals surface area contributed by atoms with Gasteiger partial charge in [0.25, 0.3) is 5.91 Å². The van der Waals surface area contributed by atoms with E-state index in [4.69, 9.17) is 9.84 Å². The molecular weight excluding hydrogens is 246 g/mol. The van der Waals surface area contributed by atoms with E-state index >= 15 is 0 Å². The van der Waals surface area contributed by atoms with E-state index in [2.05, 4.69) is 0 Å². The second kappa shape index (κ2) is 6.78. The summed E-state index contributed by atoms with van der Waals surface area (Å²) in [6.07, 6.45) is 0. The van der Waals surface area contributed by atoms with E-state index in [1.165, 1.54) is 0 Å². The molecule has 0 aliphatic carbocycles. The van der Waals surface area contributed by atoms with Crippen molar-refractivity contribution in [2.45, 2.75) is 13.8 Å². The molecule has 0 atom stereocenters. The van der Waals surface area contributed by atoms with Crippen LogP contribution in [0.5, 0.6) is 5.75 Å². The van der Waals surface area contributed by atoms with Gasteiger partial charge in [-0.25, -0.2) is 4.79 Å². The number of carboxylic acids is 1. The highest BCUT2D eigenvalue weighted by atomic mass is 16.5. The largest absolute Gasteiger partial charge is 0.482 e. The van der Waals surface area contributed by atoms with E-state index in [0.29, 0.717) is 23.8 Å². The van der Waals surface area contributed by atoms with Crippen molar-refractivity contribution in [1.29, 1.82) is 0 Å². The lowest BCUT2D eigenvalue weighted by molar-refractivity contribution is -0.139. The van der Waals surface area contributed by atoms with E-state index < -0.39 is 12.6 Å². The van der Waals surface area contributed by atoms with Gasteiger partial charge >= 0.3 is 5.97 Å². The Labute approximate surface area is 112 Å². The van der Waals surface area contributed by atoms with E-state index in [1.54, 1.807) is 36.2 Å². The molecule has 0 aromatic heterocycles. The van der Waals surface area contributed by atoms with Crippen molar-refractivity contribution in [3.63, 3.8) is 0 Å². The Bertz CT molecular complexity index is 457. The van der Waals surface area contributed by atoms with Crippen LogP contribution in [0, 0.1) is 5.92 Å². The second-order valence-corrected chi connectivity index (χ2v) is 4.79. The highest BCUT2D eigenvalue weighted by Crippen LogP contribution is 2.15. The first-order chi connectivity index (χ1) is 8.90. The Morgan fingerprint density at radius 2 is 2.05 bits per heavy atom. The Hall–Kier alpha value is -2.04. The molecule has 0 unspecified atom stereocenters. The van der Waals surface area contributed by atoms with Crippen molar-refractivity contribution in [2.24, 2.45) is 5.92 Å². The number of amides is 1. The van der Waals surface area contributed by atoms with Crippen molar-refractivity contribution in [3.8, 4) is 5.75 Å². The average molecular weight is 265 g/mol. The normalized spacial score (nSPS) is 10.3. The number of rotatable bonds is 6. The zero-order chi connectivity index (χ0) is 14.4. The Balaban J connectivity index is 2.75. The predicted octanol–water partition coefficient (Wildman–Crippen LogP) is 1.88. The minimum atomic E-state index is -1.05. The number of hydrogen-bond acceptors (Lipinski definition) is 3. The van der Waals surface area contributed by atoms with Crippen molar-refractivity contribution in [3.05, 3.63) is 29.8 Å². The Kier molecular flexibility index (Phi) is 5.36. The first-order valence-electron chi connectivity index (χ1n) is 6.10. The molecule has 0 heterocycles. The monoisotopic (exact) mass is 265 g/mol. The molecule has 1 aromatic carbocycles. The lowest BCUT2D eigenvalue weighted by atomic mass is 10.1. The molecule has 5 heteroatoms. The molecule has 5 nitrogen and oxygen atoms in total. The summed E-state index contributed by atoms with van der Waals surface area (Å²) in [6, 6.07) is 6.55. The molecule has 1 rings (SSSR count). The third-order valence-corrected chi connectivity index (χ3v) is 2.43. The average Bonchev–Trinajstić information content (AvgIpc) is 2.35. The van der Waals surface area contributed by atoms with Crippen molar-refractivity contribution in [2.75, 3.05) is 20.2 Å². The summed E-state index contributed by atoms with van der Waals surface area (Å²) < 4.78 is 5.05. The Morgan fingerprint density at radius 3 is 2.63 bits per heavy atom. The van der Waals surface area contributed by atoms with Gasteiger partial charge in [0.05, 0.1) is 0 Å². The molecule has 1 N–H and O–H groups in total. The molecule has 19 heavy (non-hydrogen) atoms. The maximum Gasteiger partial charge on any atom is 0.341 e. The zero-order valence-electron chi connectivity index (χ0n) is 11.4. The van der Waals surface area contributed by atoms with Gasteiger partial charge < -0.3 is 14.7 Å². The van der Waals surface area contributed by atoms with Gasteiger partial charge in [-0.2, -0.15) is 0 Å². The van der Waals surface area contributed by atoms with Crippen LogP contribution >= 0.6 is 0 Å². The summed E-state index contributed by atoms with van der Waals surface area (Å²) in [5.74, 6) is -0.380. The molecule has 1 aromatic rings. The first kappa shape index (κ1) is 15.0. The van der Waals surface area contributed by atoms with Gasteiger partial charge in [-0.05, 0) is 24.1 Å². The van der Waals surface area contributed by atoms with Crippen molar-refractivity contribution in [1.82, 2.24) is 4.90 Å². The molecule has 0 bridgehead atoms. The number of carbonyl (C=O) groups excluding carboxylic acids is 1. The van der Waals surface area contributed by atoms with Crippen LogP contribution in [0.2, 0.25) is 0 Å². The fourth-order valence-electron chi connectivity index (χ4n) is 1.72. The van der Waals surface area contributed by atoms with Gasteiger partial charge in [0, 0.05) is 19.2 Å². The molecule has 0 aliphatic rings. The molecule has 1 amide bonds. The lowest BCUT2D eigenvalue weighted by Crippen LogP contribution is -2.30. The van der Waals surface area contributed by atoms with E-state index in [0.717, 1.165) is 0 Å². The molecule has 0 spiro atoms. The number of ether oxygens (including phenoxy) is 1. The van der Waals surface area contributed by atoms with Crippen LogP contribution in [0.4, 0.5) is 0 Å². The molecule has 0 radical (unpaired) electrons. The van der Waals surface area contributed by atoms with Gasteiger partial charge in [-0.3, -0.25) is 4.79 Å². The SMILES string of the molecule is CC(C)CN(C)C(=O)c1cccc(OCC(=O)O)c1. The third-order valence-electron chi connectivity index (χ3n) is 2.43. The topological polar surface area (TPSA) is 66.8 Å². The van der Waals surface area contributed by atoms with Crippen LogP contribution in [0.25, 0.3) is 0 Å². The predicted molar refractivity (Wildman–Crippen MR) is 71.4 cm³/mol. The highest BCUT2D eigenvalue weighted by molar-refractivity contribution is 5.94. The number of carboxylic acid groups (broad SMARTS) is 1. The summed E-state index contributed by atoms with van der Waals surface area (Å²) in [5.41, 5.74) is 0.492. The summed E-state index contributed by atoms with van der Waals surface area (Å²) in [5, 5.41) is 8.54. The van der Waals surface area contributed by atoms with Gasteiger partial charge in [-0.15, -0.1) is 0 Å². The summed E-state index contributed by atoms with van der Waals surface area (Å²) >= 11 is 0. The lowest BCUT2D eigenvalue weighted by Gasteiger charge is -2.19. The minimum absolute atomic E-state index is 0.102. The van der Waals surface area contributed by atoms with E-state index in [1.807, 2.05) is 13.8 Å². The molecule has 104 valence electrons. The van der Waals surface area contributed by atoms with Gasteiger partial charge in [0.1, 0.15) is 5.75 Å².